The van der Waals surface area contributed by atoms with Crippen molar-refractivity contribution >= 4 is 5.91 Å². The van der Waals surface area contributed by atoms with Gasteiger partial charge in [-0.05, 0) is 33.2 Å². The maximum absolute atomic E-state index is 10.9. The Kier molecular flexibility index (Phi) is 8.27. The molecule has 4 N–H and O–H groups in total. The summed E-state index contributed by atoms with van der Waals surface area (Å²) in [5.41, 5.74) is 2.11. The third kappa shape index (κ3) is 7.30. The van der Waals surface area contributed by atoms with Crippen LogP contribution in [0.2, 0.25) is 0 Å². The monoisotopic (exact) mass is 217 g/mol. The van der Waals surface area contributed by atoms with Gasteiger partial charge in [-0.25, -0.2) is 5.84 Å². The quantitative estimate of drug-likeness (QED) is 0.300. The van der Waals surface area contributed by atoms with E-state index in [0.29, 0.717) is 12.5 Å². The van der Waals surface area contributed by atoms with E-state index in [0.717, 1.165) is 25.9 Å². The summed E-state index contributed by atoms with van der Waals surface area (Å²) in [6.07, 6.45) is 2.03. The number of aliphatic hydroxyl groups is 1. The molecule has 0 radical (unpaired) electrons. The van der Waals surface area contributed by atoms with Gasteiger partial charge < -0.3 is 10.0 Å². The highest BCUT2D eigenvalue weighted by Gasteiger charge is 2.09. The number of carbonyl (C=O) groups excluding carboxylic acids is 1. The summed E-state index contributed by atoms with van der Waals surface area (Å²) >= 11 is 0. The lowest BCUT2D eigenvalue weighted by Gasteiger charge is -2.25. The van der Waals surface area contributed by atoms with Crippen molar-refractivity contribution in [1.29, 1.82) is 0 Å². The van der Waals surface area contributed by atoms with Gasteiger partial charge in [-0.15, -0.1) is 0 Å². The Morgan fingerprint density at radius 1 is 1.40 bits per heavy atom. The number of nitrogens with one attached hydrogen (secondary N) is 1. The van der Waals surface area contributed by atoms with E-state index in [1.54, 1.807) is 0 Å². The lowest BCUT2D eigenvalue weighted by Crippen LogP contribution is -2.35. The van der Waals surface area contributed by atoms with Gasteiger partial charge in [0.2, 0.25) is 5.91 Å². The Hall–Kier alpha value is -0.650. The molecule has 0 unspecified atom stereocenters. The summed E-state index contributed by atoms with van der Waals surface area (Å²) in [6.45, 7) is 6.18. The molecule has 0 rings (SSSR count). The van der Waals surface area contributed by atoms with Crippen LogP contribution in [0.15, 0.2) is 0 Å². The van der Waals surface area contributed by atoms with Crippen LogP contribution in [-0.4, -0.2) is 41.7 Å². The molecule has 0 aliphatic carbocycles. The fourth-order valence-corrected chi connectivity index (χ4v) is 1.42. The number of hydrogen-bond donors (Lipinski definition) is 3. The minimum absolute atomic E-state index is 0.124. The zero-order valence-corrected chi connectivity index (χ0v) is 9.70. The van der Waals surface area contributed by atoms with Crippen LogP contribution < -0.4 is 11.3 Å². The maximum atomic E-state index is 10.9. The lowest BCUT2D eigenvalue weighted by molar-refractivity contribution is -0.121. The molecule has 15 heavy (non-hydrogen) atoms. The molecule has 0 atom stereocenters. The van der Waals surface area contributed by atoms with Gasteiger partial charge in [-0.3, -0.25) is 10.2 Å². The number of carbonyl (C=O) groups is 1. The molecule has 0 fully saturated rings. The van der Waals surface area contributed by atoms with E-state index >= 15 is 0 Å². The number of rotatable bonds is 8. The molecular weight excluding hydrogens is 194 g/mol. The van der Waals surface area contributed by atoms with E-state index in [9.17, 15) is 4.79 Å². The first kappa shape index (κ1) is 14.3. The van der Waals surface area contributed by atoms with Crippen LogP contribution in [0.1, 0.15) is 33.1 Å². The summed E-state index contributed by atoms with van der Waals surface area (Å²) in [5, 5.41) is 8.74. The molecule has 0 aliphatic heterocycles. The van der Waals surface area contributed by atoms with E-state index in [2.05, 4.69) is 24.2 Å². The molecule has 0 aliphatic rings. The summed E-state index contributed by atoms with van der Waals surface area (Å²) in [4.78, 5) is 13.1. The highest BCUT2D eigenvalue weighted by molar-refractivity contribution is 5.75. The third-order valence-electron chi connectivity index (χ3n) is 2.34. The zero-order chi connectivity index (χ0) is 11.7. The molecular formula is C10H23N3O2. The van der Waals surface area contributed by atoms with Gasteiger partial charge in [0.15, 0.2) is 0 Å². The fraction of sp³-hybridized carbons (Fsp3) is 0.900. The maximum Gasteiger partial charge on any atom is 0.233 e. The zero-order valence-electron chi connectivity index (χ0n) is 9.70. The first-order valence-electron chi connectivity index (χ1n) is 5.46. The van der Waals surface area contributed by atoms with Gasteiger partial charge in [-0.1, -0.05) is 0 Å². The summed E-state index contributed by atoms with van der Waals surface area (Å²) in [6, 6.07) is 0.442. The number of aliphatic hydroxyl groups excluding tert-OH is 1. The van der Waals surface area contributed by atoms with Crippen LogP contribution in [0, 0.1) is 0 Å². The SMILES string of the molecule is CC(C)N(CCCO)CCCC(=O)NN. The molecule has 5 heteroatoms. The van der Waals surface area contributed by atoms with Gasteiger partial charge in [0, 0.05) is 25.6 Å². The van der Waals surface area contributed by atoms with Crippen molar-refractivity contribution in [2.45, 2.75) is 39.2 Å². The highest BCUT2D eigenvalue weighted by Crippen LogP contribution is 2.02. The van der Waals surface area contributed by atoms with Crippen LogP contribution in [0.3, 0.4) is 0 Å². The first-order chi connectivity index (χ1) is 7.11. The lowest BCUT2D eigenvalue weighted by atomic mass is 10.2. The van der Waals surface area contributed by atoms with Crippen molar-refractivity contribution in [2.75, 3.05) is 19.7 Å². The second-order valence-corrected chi connectivity index (χ2v) is 3.88. The molecule has 0 aromatic carbocycles. The molecule has 0 aromatic rings. The number of nitrogens with zero attached hydrogens (tertiary/aromatic N) is 1. The number of nitrogens with two attached hydrogens (primary N) is 1. The van der Waals surface area contributed by atoms with Crippen LogP contribution in [0.5, 0.6) is 0 Å². The van der Waals surface area contributed by atoms with Crippen molar-refractivity contribution in [3.05, 3.63) is 0 Å². The van der Waals surface area contributed by atoms with E-state index in [1.807, 2.05) is 0 Å². The minimum Gasteiger partial charge on any atom is -0.396 e. The van der Waals surface area contributed by atoms with Crippen LogP contribution in [0.4, 0.5) is 0 Å². The predicted molar refractivity (Wildman–Crippen MR) is 60.0 cm³/mol. The molecule has 90 valence electrons. The third-order valence-corrected chi connectivity index (χ3v) is 2.34. The van der Waals surface area contributed by atoms with E-state index in [-0.39, 0.29) is 12.5 Å². The number of amides is 1. The van der Waals surface area contributed by atoms with E-state index in [4.69, 9.17) is 10.9 Å². The molecule has 0 saturated heterocycles. The Morgan fingerprint density at radius 3 is 2.47 bits per heavy atom. The van der Waals surface area contributed by atoms with Crippen molar-refractivity contribution in [3.63, 3.8) is 0 Å². The standard InChI is InChI=1S/C10H23N3O2/c1-9(2)13(7-4-8-14)6-3-5-10(15)12-11/h9,14H,3-8,11H2,1-2H3,(H,12,15). The van der Waals surface area contributed by atoms with Crippen molar-refractivity contribution in [3.8, 4) is 0 Å². The van der Waals surface area contributed by atoms with E-state index < -0.39 is 0 Å². The second kappa shape index (κ2) is 8.64. The fourth-order valence-electron chi connectivity index (χ4n) is 1.42. The molecule has 5 nitrogen and oxygen atoms in total. The van der Waals surface area contributed by atoms with Crippen molar-refractivity contribution < 1.29 is 9.90 Å². The topological polar surface area (TPSA) is 78.6 Å². The predicted octanol–water partition coefficient (Wildman–Crippen LogP) is -0.151. The summed E-state index contributed by atoms with van der Waals surface area (Å²) < 4.78 is 0. The van der Waals surface area contributed by atoms with Gasteiger partial charge in [0.1, 0.15) is 0 Å². The first-order valence-corrected chi connectivity index (χ1v) is 5.46. The summed E-state index contributed by atoms with van der Waals surface area (Å²) in [7, 11) is 0. The van der Waals surface area contributed by atoms with Crippen molar-refractivity contribution in [1.82, 2.24) is 10.3 Å². The van der Waals surface area contributed by atoms with E-state index in [1.165, 1.54) is 0 Å². The van der Waals surface area contributed by atoms with Gasteiger partial charge in [0.05, 0.1) is 0 Å². The van der Waals surface area contributed by atoms with Crippen LogP contribution in [0.25, 0.3) is 0 Å². The molecule has 0 heterocycles. The molecule has 0 bridgehead atoms. The highest BCUT2D eigenvalue weighted by atomic mass is 16.3. The van der Waals surface area contributed by atoms with Crippen LogP contribution >= 0.6 is 0 Å². The Balaban J connectivity index is 3.70. The summed E-state index contributed by atoms with van der Waals surface area (Å²) in [5.74, 6) is 4.86. The smallest absolute Gasteiger partial charge is 0.233 e. The number of hydrazine groups is 1. The normalized spacial score (nSPS) is 11.1. The van der Waals surface area contributed by atoms with Crippen LogP contribution in [-0.2, 0) is 4.79 Å². The Labute approximate surface area is 91.6 Å². The molecule has 1 amide bonds. The largest absolute Gasteiger partial charge is 0.396 e. The molecule has 0 saturated carbocycles. The second-order valence-electron chi connectivity index (χ2n) is 3.88. The average molecular weight is 217 g/mol. The van der Waals surface area contributed by atoms with Gasteiger partial charge in [0.25, 0.3) is 0 Å². The average Bonchev–Trinajstić information content (AvgIpc) is 2.22. The van der Waals surface area contributed by atoms with Gasteiger partial charge in [-0.2, -0.15) is 0 Å². The van der Waals surface area contributed by atoms with Crippen molar-refractivity contribution in [2.24, 2.45) is 5.84 Å². The Bertz CT molecular complexity index is 174. The molecule has 0 spiro atoms. The minimum atomic E-state index is -0.124. The molecule has 0 aromatic heterocycles. The Morgan fingerprint density at radius 2 is 2.00 bits per heavy atom. The number of hydrogen-bond acceptors (Lipinski definition) is 4. The van der Waals surface area contributed by atoms with Gasteiger partial charge >= 0.3 is 0 Å².